The molecule has 3 N–H and O–H groups in total. The van der Waals surface area contributed by atoms with E-state index in [1.807, 2.05) is 0 Å². The molecule has 1 aliphatic rings. The number of nitrogens with one attached hydrogen (secondary N) is 2. The van der Waals surface area contributed by atoms with E-state index in [0.717, 1.165) is 10.2 Å². The Balaban J connectivity index is 1.55. The summed E-state index contributed by atoms with van der Waals surface area (Å²) in [4.78, 5) is 24.3. The van der Waals surface area contributed by atoms with Crippen LogP contribution < -0.4 is 20.8 Å². The van der Waals surface area contributed by atoms with Crippen molar-refractivity contribution in [2.75, 3.05) is 20.8 Å². The zero-order chi connectivity index (χ0) is 18.1. The van der Waals surface area contributed by atoms with Crippen molar-refractivity contribution in [3.8, 4) is 0 Å². The van der Waals surface area contributed by atoms with Crippen LogP contribution in [0.25, 0.3) is 0 Å². The van der Waals surface area contributed by atoms with E-state index < -0.39 is 6.03 Å². The van der Waals surface area contributed by atoms with Gasteiger partial charge in [0, 0.05) is 5.69 Å². The van der Waals surface area contributed by atoms with E-state index >= 15 is 0 Å². The third kappa shape index (κ3) is 2.74. The lowest BCUT2D eigenvalue weighted by Gasteiger charge is -2.36. The number of hydrazine groups is 1. The average molecular weight is 350 g/mol. The third-order valence-corrected chi connectivity index (χ3v) is 3.86. The van der Waals surface area contributed by atoms with Gasteiger partial charge in [-0.15, -0.1) is 0 Å². The number of benzene rings is 2. The number of hydrogen-bond donors (Lipinski definition) is 3. The normalized spacial score (nSPS) is 13.2. The first-order valence-electron chi connectivity index (χ1n) is 7.77. The molecule has 0 atom stereocenters. The first-order chi connectivity index (χ1) is 12.6. The van der Waals surface area contributed by atoms with Crippen molar-refractivity contribution in [1.82, 2.24) is 0 Å². The fourth-order valence-electron chi connectivity index (χ4n) is 2.63. The molecule has 2 aromatic carbocycles. The highest BCUT2D eigenvalue weighted by Crippen LogP contribution is 2.33. The molecule has 0 saturated heterocycles. The summed E-state index contributed by atoms with van der Waals surface area (Å²) in [6, 6.07) is 16.0. The molecule has 0 bridgehead atoms. The van der Waals surface area contributed by atoms with E-state index in [1.54, 1.807) is 60.7 Å². The number of hydrogen-bond acceptors (Lipinski definition) is 5. The predicted octanol–water partition coefficient (Wildman–Crippen LogP) is 3.69. The molecule has 0 fully saturated rings. The Morgan fingerprint density at radius 2 is 1.81 bits per heavy atom. The van der Waals surface area contributed by atoms with Crippen LogP contribution in [0.2, 0.25) is 0 Å². The average Bonchev–Trinajstić information content (AvgIpc) is 3.18. The van der Waals surface area contributed by atoms with E-state index in [4.69, 9.17) is 4.42 Å². The lowest BCUT2D eigenvalue weighted by atomic mass is 10.2. The fraction of sp³-hybridized carbons (Fsp3) is 0. The molecule has 1 aromatic heterocycles. The Kier molecular flexibility index (Phi) is 3.79. The topological polar surface area (TPSA) is 98.1 Å². The summed E-state index contributed by atoms with van der Waals surface area (Å²) in [6.45, 7) is 0. The number of rotatable bonds is 3. The van der Waals surface area contributed by atoms with Crippen molar-refractivity contribution in [2.24, 2.45) is 0 Å². The highest BCUT2D eigenvalue weighted by molar-refractivity contribution is 6.08. The molecule has 0 aliphatic carbocycles. The second kappa shape index (κ2) is 6.26. The molecule has 0 radical (unpaired) electrons. The Bertz CT molecular complexity index is 954. The van der Waals surface area contributed by atoms with Crippen LogP contribution in [0.15, 0.2) is 71.3 Å². The number of amides is 3. The van der Waals surface area contributed by atoms with Gasteiger partial charge < -0.3 is 15.1 Å². The number of furan rings is 1. The van der Waals surface area contributed by atoms with Gasteiger partial charge in [0.1, 0.15) is 5.69 Å². The summed E-state index contributed by atoms with van der Waals surface area (Å²) in [5, 5.41) is 17.7. The second-order valence-corrected chi connectivity index (χ2v) is 5.53. The third-order valence-electron chi connectivity index (χ3n) is 3.86. The smallest absolute Gasteiger partial charge is 0.347 e. The number of fused-ring (bicyclic) bond motifs is 1. The van der Waals surface area contributed by atoms with E-state index in [-0.39, 0.29) is 11.7 Å². The van der Waals surface area contributed by atoms with Crippen molar-refractivity contribution < 1.29 is 19.2 Å². The maximum atomic E-state index is 12.3. The predicted molar refractivity (Wildman–Crippen MR) is 95.3 cm³/mol. The van der Waals surface area contributed by atoms with Gasteiger partial charge in [0.25, 0.3) is 5.91 Å². The van der Waals surface area contributed by atoms with Crippen LogP contribution in [-0.2, 0) is 0 Å². The monoisotopic (exact) mass is 350 g/mol. The molecule has 8 nitrogen and oxygen atoms in total. The molecule has 3 amide bonds. The Morgan fingerprint density at radius 3 is 2.54 bits per heavy atom. The minimum Gasteiger partial charge on any atom is -0.459 e. The number of carbonyl (C=O) groups is 2. The summed E-state index contributed by atoms with van der Waals surface area (Å²) < 4.78 is 5.03. The molecule has 0 unspecified atom stereocenters. The number of nitrogens with zero attached hydrogens (tertiary/aromatic N) is 2. The van der Waals surface area contributed by atoms with Crippen molar-refractivity contribution in [3.05, 3.63) is 72.7 Å². The highest BCUT2D eigenvalue weighted by atomic mass is 16.6. The lowest BCUT2D eigenvalue weighted by molar-refractivity contribution is 0.0996. The highest BCUT2D eigenvalue weighted by Gasteiger charge is 2.30. The number of urea groups is 1. The Labute approximate surface area is 148 Å². The molecule has 2 heterocycles. The summed E-state index contributed by atoms with van der Waals surface area (Å²) in [5.74, 6) is -0.182. The summed E-state index contributed by atoms with van der Waals surface area (Å²) in [7, 11) is 0. The second-order valence-electron chi connectivity index (χ2n) is 5.53. The molecule has 4 rings (SSSR count). The number of para-hydroxylation sites is 2. The summed E-state index contributed by atoms with van der Waals surface area (Å²) in [5.41, 5.74) is 1.91. The standard InChI is InChI=1S/C18H14N4O4/c23-17(16-6-3-11-26-16)19-12-7-9-13(10-8-12)21-18(24)20-14-4-1-2-5-15(14)22(21)25/h1-11,25H,(H,19,23)(H,20,24). The quantitative estimate of drug-likeness (QED) is 0.669. The Hall–Kier alpha value is -3.78. The molecular formula is C18H14N4O4. The van der Waals surface area contributed by atoms with Gasteiger partial charge >= 0.3 is 6.03 Å². The molecule has 26 heavy (non-hydrogen) atoms. The van der Waals surface area contributed by atoms with Gasteiger partial charge in [-0.25, -0.2) is 4.79 Å². The van der Waals surface area contributed by atoms with Gasteiger partial charge in [-0.3, -0.25) is 10.0 Å². The fourth-order valence-corrected chi connectivity index (χ4v) is 2.63. The van der Waals surface area contributed by atoms with Crippen molar-refractivity contribution in [1.29, 1.82) is 0 Å². The van der Waals surface area contributed by atoms with Crippen LogP contribution in [0.1, 0.15) is 10.6 Å². The maximum Gasteiger partial charge on any atom is 0.347 e. The van der Waals surface area contributed by atoms with Crippen LogP contribution in [0.3, 0.4) is 0 Å². The van der Waals surface area contributed by atoms with Gasteiger partial charge in [-0.05, 0) is 48.5 Å². The van der Waals surface area contributed by atoms with E-state index in [1.165, 1.54) is 6.26 Å². The summed E-state index contributed by atoms with van der Waals surface area (Å²) in [6.07, 6.45) is 1.42. The van der Waals surface area contributed by atoms with Gasteiger partial charge in [-0.1, -0.05) is 12.1 Å². The van der Waals surface area contributed by atoms with Crippen molar-refractivity contribution in [2.45, 2.75) is 0 Å². The minimum atomic E-state index is -0.501. The molecule has 130 valence electrons. The van der Waals surface area contributed by atoms with Crippen LogP contribution >= 0.6 is 0 Å². The SMILES string of the molecule is O=C(Nc1ccc(N2C(=O)Nc3ccccc3N2O)cc1)c1ccco1. The van der Waals surface area contributed by atoms with Gasteiger partial charge in [-0.2, -0.15) is 10.2 Å². The van der Waals surface area contributed by atoms with Gasteiger partial charge in [0.15, 0.2) is 5.76 Å². The molecular weight excluding hydrogens is 336 g/mol. The maximum absolute atomic E-state index is 12.3. The zero-order valence-electron chi connectivity index (χ0n) is 13.4. The van der Waals surface area contributed by atoms with E-state index in [9.17, 15) is 14.8 Å². The van der Waals surface area contributed by atoms with Crippen LogP contribution in [0.4, 0.5) is 27.5 Å². The summed E-state index contributed by atoms with van der Waals surface area (Å²) >= 11 is 0. The number of carbonyl (C=O) groups excluding carboxylic acids is 2. The molecule has 1 aliphatic heterocycles. The molecule has 8 heteroatoms. The van der Waals surface area contributed by atoms with Gasteiger partial charge in [0.05, 0.1) is 17.6 Å². The molecule has 0 saturated carbocycles. The first-order valence-corrected chi connectivity index (χ1v) is 7.77. The Morgan fingerprint density at radius 1 is 1.04 bits per heavy atom. The molecule has 0 spiro atoms. The van der Waals surface area contributed by atoms with E-state index in [0.29, 0.717) is 22.7 Å². The lowest BCUT2D eigenvalue weighted by Crippen LogP contribution is -2.50. The zero-order valence-corrected chi connectivity index (χ0v) is 13.4. The molecule has 3 aromatic rings. The van der Waals surface area contributed by atoms with Gasteiger partial charge in [0.2, 0.25) is 0 Å². The largest absolute Gasteiger partial charge is 0.459 e. The number of anilines is 4. The van der Waals surface area contributed by atoms with Crippen LogP contribution in [-0.4, -0.2) is 17.1 Å². The first kappa shape index (κ1) is 15.7. The van der Waals surface area contributed by atoms with Crippen LogP contribution in [0, 0.1) is 0 Å². The van der Waals surface area contributed by atoms with E-state index in [2.05, 4.69) is 10.6 Å². The van der Waals surface area contributed by atoms with Crippen molar-refractivity contribution in [3.63, 3.8) is 0 Å². The van der Waals surface area contributed by atoms with Crippen molar-refractivity contribution >= 4 is 34.7 Å². The van der Waals surface area contributed by atoms with Crippen LogP contribution in [0.5, 0.6) is 0 Å². The minimum absolute atomic E-state index is 0.197.